The summed E-state index contributed by atoms with van der Waals surface area (Å²) in [5, 5.41) is 8.90. The van der Waals surface area contributed by atoms with Crippen LogP contribution in [0, 0.1) is 17.1 Å². The zero-order valence-corrected chi connectivity index (χ0v) is 10.1. The Bertz CT molecular complexity index is 587. The van der Waals surface area contributed by atoms with Gasteiger partial charge in [-0.05, 0) is 37.3 Å². The number of rotatable bonds is 3. The minimum atomic E-state index is -0.262. The van der Waals surface area contributed by atoms with E-state index >= 15 is 0 Å². The van der Waals surface area contributed by atoms with Crippen LogP contribution in [0.15, 0.2) is 48.5 Å². The highest BCUT2D eigenvalue weighted by atomic mass is 19.1. The number of hydrogen-bond donors (Lipinski definition) is 0. The van der Waals surface area contributed by atoms with E-state index in [9.17, 15) is 4.39 Å². The van der Waals surface area contributed by atoms with Gasteiger partial charge in [0.2, 0.25) is 0 Å². The van der Waals surface area contributed by atoms with Gasteiger partial charge in [0.05, 0.1) is 17.3 Å². The molecule has 0 aromatic heterocycles. The molecule has 3 heteroatoms. The second kappa shape index (κ2) is 5.33. The highest BCUT2D eigenvalue weighted by Crippen LogP contribution is 2.27. The maximum absolute atomic E-state index is 13.8. The van der Waals surface area contributed by atoms with E-state index in [2.05, 4.69) is 6.07 Å². The Hall–Kier alpha value is -2.34. The van der Waals surface area contributed by atoms with Crippen molar-refractivity contribution in [2.75, 3.05) is 11.4 Å². The molecule has 0 atom stereocenters. The molecule has 2 aromatic rings. The van der Waals surface area contributed by atoms with Gasteiger partial charge in [-0.15, -0.1) is 0 Å². The molecule has 2 aromatic carbocycles. The van der Waals surface area contributed by atoms with E-state index in [4.69, 9.17) is 5.26 Å². The molecule has 0 saturated carbocycles. The second-order valence-corrected chi connectivity index (χ2v) is 3.86. The molecule has 0 aliphatic heterocycles. The maximum atomic E-state index is 13.8. The van der Waals surface area contributed by atoms with Gasteiger partial charge in [-0.25, -0.2) is 4.39 Å². The number of para-hydroxylation sites is 1. The Morgan fingerprint density at radius 2 is 1.94 bits per heavy atom. The number of anilines is 2. The van der Waals surface area contributed by atoms with E-state index in [0.717, 1.165) is 5.69 Å². The number of nitriles is 1. The Kier molecular flexibility index (Phi) is 3.59. The van der Waals surface area contributed by atoms with Gasteiger partial charge in [0.1, 0.15) is 5.82 Å². The zero-order chi connectivity index (χ0) is 13.0. The molecule has 0 saturated heterocycles. The fraction of sp³-hybridized carbons (Fsp3) is 0.133. The van der Waals surface area contributed by atoms with Crippen molar-refractivity contribution in [3.8, 4) is 6.07 Å². The van der Waals surface area contributed by atoms with Crippen LogP contribution in [0.4, 0.5) is 15.8 Å². The SMILES string of the molecule is CCN(c1cccc(C#N)c1)c1ccccc1F. The summed E-state index contributed by atoms with van der Waals surface area (Å²) in [4.78, 5) is 1.84. The van der Waals surface area contributed by atoms with Crippen molar-refractivity contribution in [2.45, 2.75) is 6.92 Å². The molecule has 90 valence electrons. The Morgan fingerprint density at radius 1 is 1.17 bits per heavy atom. The van der Waals surface area contributed by atoms with E-state index < -0.39 is 0 Å². The van der Waals surface area contributed by atoms with Gasteiger partial charge in [0, 0.05) is 12.2 Å². The van der Waals surface area contributed by atoms with Gasteiger partial charge < -0.3 is 4.90 Å². The van der Waals surface area contributed by atoms with Crippen LogP contribution in [0.5, 0.6) is 0 Å². The molecule has 0 amide bonds. The highest BCUT2D eigenvalue weighted by molar-refractivity contribution is 5.65. The van der Waals surface area contributed by atoms with Gasteiger partial charge in [-0.3, -0.25) is 0 Å². The van der Waals surface area contributed by atoms with Crippen molar-refractivity contribution < 1.29 is 4.39 Å². The molecule has 0 radical (unpaired) electrons. The van der Waals surface area contributed by atoms with Crippen LogP contribution in [-0.4, -0.2) is 6.54 Å². The van der Waals surface area contributed by atoms with Crippen molar-refractivity contribution in [1.82, 2.24) is 0 Å². The summed E-state index contributed by atoms with van der Waals surface area (Å²) in [6, 6.07) is 15.9. The normalized spacial score (nSPS) is 9.83. The largest absolute Gasteiger partial charge is 0.339 e. The number of hydrogen-bond acceptors (Lipinski definition) is 2. The number of halogens is 1. The van der Waals surface area contributed by atoms with Gasteiger partial charge in [0.25, 0.3) is 0 Å². The van der Waals surface area contributed by atoms with Crippen LogP contribution in [0.3, 0.4) is 0 Å². The quantitative estimate of drug-likeness (QED) is 0.814. The molecule has 0 spiro atoms. The summed E-state index contributed by atoms with van der Waals surface area (Å²) < 4.78 is 13.8. The third-order valence-corrected chi connectivity index (χ3v) is 2.75. The predicted octanol–water partition coefficient (Wildman–Crippen LogP) is 3.86. The lowest BCUT2D eigenvalue weighted by Gasteiger charge is -2.23. The van der Waals surface area contributed by atoms with E-state index in [1.807, 2.05) is 17.9 Å². The molecule has 2 rings (SSSR count). The number of nitrogens with zero attached hydrogens (tertiary/aromatic N) is 2. The first-order valence-corrected chi connectivity index (χ1v) is 5.78. The number of benzene rings is 2. The van der Waals surface area contributed by atoms with Crippen LogP contribution < -0.4 is 4.90 Å². The van der Waals surface area contributed by atoms with E-state index in [0.29, 0.717) is 17.8 Å². The summed E-state index contributed by atoms with van der Waals surface area (Å²) in [5.41, 5.74) is 1.92. The molecule has 0 aliphatic carbocycles. The topological polar surface area (TPSA) is 27.0 Å². The van der Waals surface area contributed by atoms with Crippen LogP contribution in [0.25, 0.3) is 0 Å². The third kappa shape index (κ3) is 2.33. The average molecular weight is 240 g/mol. The van der Waals surface area contributed by atoms with Crippen LogP contribution in [0.1, 0.15) is 12.5 Å². The van der Waals surface area contributed by atoms with Crippen LogP contribution in [-0.2, 0) is 0 Å². The molecule has 0 N–H and O–H groups in total. The third-order valence-electron chi connectivity index (χ3n) is 2.75. The molecule has 0 unspecified atom stereocenters. The van der Waals surface area contributed by atoms with Gasteiger partial charge in [0.15, 0.2) is 0 Å². The minimum Gasteiger partial charge on any atom is -0.339 e. The summed E-state index contributed by atoms with van der Waals surface area (Å²) in [7, 11) is 0. The fourth-order valence-electron chi connectivity index (χ4n) is 1.91. The molecule has 0 fully saturated rings. The molecule has 0 bridgehead atoms. The summed E-state index contributed by atoms with van der Waals surface area (Å²) in [6.45, 7) is 2.58. The maximum Gasteiger partial charge on any atom is 0.146 e. The Labute approximate surface area is 106 Å². The average Bonchev–Trinajstić information content (AvgIpc) is 2.42. The molecular weight excluding hydrogens is 227 g/mol. The smallest absolute Gasteiger partial charge is 0.146 e. The van der Waals surface area contributed by atoms with E-state index in [1.165, 1.54) is 6.07 Å². The first-order valence-electron chi connectivity index (χ1n) is 5.78. The van der Waals surface area contributed by atoms with Crippen molar-refractivity contribution in [2.24, 2.45) is 0 Å². The lowest BCUT2D eigenvalue weighted by Crippen LogP contribution is -2.17. The van der Waals surface area contributed by atoms with E-state index in [1.54, 1.807) is 36.4 Å². The summed E-state index contributed by atoms with van der Waals surface area (Å²) in [6.07, 6.45) is 0. The molecule has 18 heavy (non-hydrogen) atoms. The van der Waals surface area contributed by atoms with Crippen molar-refractivity contribution in [1.29, 1.82) is 5.26 Å². The lowest BCUT2D eigenvalue weighted by molar-refractivity contribution is 0.625. The standard InChI is InChI=1S/C15H13FN2/c1-2-18(15-9-4-3-8-14(15)16)13-7-5-6-12(10-13)11-17/h3-10H,2H2,1H3. The fourth-order valence-corrected chi connectivity index (χ4v) is 1.91. The van der Waals surface area contributed by atoms with E-state index in [-0.39, 0.29) is 5.82 Å². The molecular formula is C15H13FN2. The van der Waals surface area contributed by atoms with Gasteiger partial charge >= 0.3 is 0 Å². The van der Waals surface area contributed by atoms with Crippen molar-refractivity contribution in [3.05, 3.63) is 59.9 Å². The van der Waals surface area contributed by atoms with Gasteiger partial charge in [-0.2, -0.15) is 5.26 Å². The molecule has 2 nitrogen and oxygen atoms in total. The zero-order valence-electron chi connectivity index (χ0n) is 10.1. The predicted molar refractivity (Wildman–Crippen MR) is 70.2 cm³/mol. The highest BCUT2D eigenvalue weighted by Gasteiger charge is 2.11. The molecule has 0 aliphatic rings. The molecule has 0 heterocycles. The van der Waals surface area contributed by atoms with Crippen LogP contribution >= 0.6 is 0 Å². The second-order valence-electron chi connectivity index (χ2n) is 3.86. The van der Waals surface area contributed by atoms with Crippen LogP contribution in [0.2, 0.25) is 0 Å². The first kappa shape index (κ1) is 12.1. The van der Waals surface area contributed by atoms with Gasteiger partial charge in [-0.1, -0.05) is 18.2 Å². The summed E-state index contributed by atoms with van der Waals surface area (Å²) in [5.74, 6) is -0.262. The summed E-state index contributed by atoms with van der Waals surface area (Å²) >= 11 is 0. The first-order chi connectivity index (χ1) is 8.76. The van der Waals surface area contributed by atoms with Crippen molar-refractivity contribution in [3.63, 3.8) is 0 Å². The lowest BCUT2D eigenvalue weighted by atomic mass is 10.2. The Morgan fingerprint density at radius 3 is 2.61 bits per heavy atom. The monoisotopic (exact) mass is 240 g/mol. The Balaban J connectivity index is 2.46. The minimum absolute atomic E-state index is 0.262. The van der Waals surface area contributed by atoms with Crippen molar-refractivity contribution >= 4 is 11.4 Å².